The van der Waals surface area contributed by atoms with Gasteiger partial charge in [-0.1, -0.05) is 6.07 Å². The van der Waals surface area contributed by atoms with Crippen LogP contribution in [-0.4, -0.2) is 15.6 Å². The number of aromatic carboxylic acids is 1. The summed E-state index contributed by atoms with van der Waals surface area (Å²) in [6, 6.07) is 6.35. The molecule has 18 heavy (non-hydrogen) atoms. The summed E-state index contributed by atoms with van der Waals surface area (Å²) in [6.07, 6.45) is 1.20. The van der Waals surface area contributed by atoms with Gasteiger partial charge in [0.2, 0.25) is 0 Å². The van der Waals surface area contributed by atoms with Gasteiger partial charge in [-0.2, -0.15) is 5.26 Å². The number of nitriles is 1. The van der Waals surface area contributed by atoms with Crippen LogP contribution in [0, 0.1) is 16.7 Å². The Morgan fingerprint density at radius 1 is 1.50 bits per heavy atom. The molecule has 1 aromatic rings. The lowest BCUT2D eigenvalue weighted by Gasteiger charge is -2.15. The second-order valence-corrected chi connectivity index (χ2v) is 4.81. The molecule has 1 rings (SSSR count). The summed E-state index contributed by atoms with van der Waals surface area (Å²) in [5, 5.41) is 17.9. The standard InChI is InChI=1S/C13H16N2O3/c1-13(2,9-14)7-4-8-15-10(12(17)18)5-3-6-11(15)16/h3,5-6H,4,7-8H2,1-2H3,(H,17,18). The average molecular weight is 248 g/mol. The minimum absolute atomic E-state index is 0.0164. The lowest BCUT2D eigenvalue weighted by Crippen LogP contribution is -2.25. The number of hydrogen-bond acceptors (Lipinski definition) is 3. The second-order valence-electron chi connectivity index (χ2n) is 4.81. The zero-order valence-electron chi connectivity index (χ0n) is 10.5. The molecule has 0 radical (unpaired) electrons. The molecule has 0 aliphatic carbocycles. The van der Waals surface area contributed by atoms with Crippen molar-refractivity contribution in [2.24, 2.45) is 5.41 Å². The van der Waals surface area contributed by atoms with Crippen molar-refractivity contribution in [3.05, 3.63) is 34.2 Å². The molecule has 0 amide bonds. The van der Waals surface area contributed by atoms with Crippen molar-refractivity contribution in [1.82, 2.24) is 4.57 Å². The normalized spacial score (nSPS) is 10.9. The number of pyridine rings is 1. The predicted octanol–water partition coefficient (Wildman–Crippen LogP) is 1.88. The molecule has 5 nitrogen and oxygen atoms in total. The first-order chi connectivity index (χ1) is 8.37. The van der Waals surface area contributed by atoms with Gasteiger partial charge in [0.05, 0.1) is 11.5 Å². The van der Waals surface area contributed by atoms with Gasteiger partial charge in [-0.15, -0.1) is 0 Å². The summed E-state index contributed by atoms with van der Waals surface area (Å²) in [4.78, 5) is 22.6. The van der Waals surface area contributed by atoms with Crippen LogP contribution in [0.15, 0.2) is 23.0 Å². The first-order valence-electron chi connectivity index (χ1n) is 5.72. The topological polar surface area (TPSA) is 83.1 Å². The molecule has 1 aromatic heterocycles. The van der Waals surface area contributed by atoms with E-state index in [9.17, 15) is 9.59 Å². The Morgan fingerprint density at radius 3 is 2.72 bits per heavy atom. The van der Waals surface area contributed by atoms with Gasteiger partial charge in [0.15, 0.2) is 0 Å². The zero-order valence-corrected chi connectivity index (χ0v) is 10.5. The number of carbonyl (C=O) groups is 1. The van der Waals surface area contributed by atoms with Gasteiger partial charge < -0.3 is 9.67 Å². The van der Waals surface area contributed by atoms with E-state index in [1.54, 1.807) is 0 Å². The second kappa shape index (κ2) is 5.50. The number of hydrogen-bond donors (Lipinski definition) is 1. The minimum Gasteiger partial charge on any atom is -0.477 e. The molecule has 1 heterocycles. The van der Waals surface area contributed by atoms with E-state index in [2.05, 4.69) is 6.07 Å². The Labute approximate surface area is 105 Å². The highest BCUT2D eigenvalue weighted by molar-refractivity contribution is 5.85. The molecule has 0 aliphatic rings. The van der Waals surface area contributed by atoms with Crippen LogP contribution in [0.1, 0.15) is 37.2 Å². The fraction of sp³-hybridized carbons (Fsp3) is 0.462. The van der Waals surface area contributed by atoms with Crippen molar-refractivity contribution in [3.8, 4) is 6.07 Å². The third kappa shape index (κ3) is 3.45. The fourth-order valence-corrected chi connectivity index (χ4v) is 1.67. The van der Waals surface area contributed by atoms with Crippen LogP contribution in [0.5, 0.6) is 0 Å². The van der Waals surface area contributed by atoms with E-state index in [0.29, 0.717) is 19.4 Å². The van der Waals surface area contributed by atoms with Gasteiger partial charge in [-0.05, 0) is 32.8 Å². The third-order valence-electron chi connectivity index (χ3n) is 2.76. The largest absolute Gasteiger partial charge is 0.477 e. The molecule has 0 saturated carbocycles. The van der Waals surface area contributed by atoms with Crippen LogP contribution in [0.2, 0.25) is 0 Å². The van der Waals surface area contributed by atoms with E-state index in [-0.39, 0.29) is 11.3 Å². The highest BCUT2D eigenvalue weighted by Gasteiger charge is 2.17. The highest BCUT2D eigenvalue weighted by Crippen LogP contribution is 2.20. The van der Waals surface area contributed by atoms with E-state index < -0.39 is 11.4 Å². The van der Waals surface area contributed by atoms with Crippen molar-refractivity contribution in [2.45, 2.75) is 33.2 Å². The van der Waals surface area contributed by atoms with E-state index >= 15 is 0 Å². The molecule has 0 saturated heterocycles. The van der Waals surface area contributed by atoms with Crippen LogP contribution >= 0.6 is 0 Å². The Balaban J connectivity index is 2.83. The van der Waals surface area contributed by atoms with Crippen molar-refractivity contribution >= 4 is 5.97 Å². The van der Waals surface area contributed by atoms with Crippen molar-refractivity contribution < 1.29 is 9.90 Å². The molecular formula is C13H16N2O3. The van der Waals surface area contributed by atoms with Crippen LogP contribution in [-0.2, 0) is 6.54 Å². The maximum absolute atomic E-state index is 11.6. The molecule has 96 valence electrons. The molecule has 0 atom stereocenters. The minimum atomic E-state index is -1.12. The summed E-state index contributed by atoms with van der Waals surface area (Å²) in [7, 11) is 0. The maximum atomic E-state index is 11.6. The van der Waals surface area contributed by atoms with Gasteiger partial charge in [0.25, 0.3) is 5.56 Å². The van der Waals surface area contributed by atoms with Gasteiger partial charge in [0.1, 0.15) is 5.69 Å². The maximum Gasteiger partial charge on any atom is 0.352 e. The molecule has 0 spiro atoms. The Hall–Kier alpha value is -2.09. The zero-order chi connectivity index (χ0) is 13.8. The monoisotopic (exact) mass is 248 g/mol. The van der Waals surface area contributed by atoms with Gasteiger partial charge in [-0.3, -0.25) is 4.79 Å². The molecular weight excluding hydrogens is 232 g/mol. The molecule has 0 aliphatic heterocycles. The summed E-state index contributed by atoms with van der Waals surface area (Å²) in [5.74, 6) is -1.12. The lowest BCUT2D eigenvalue weighted by atomic mass is 9.90. The molecule has 0 bridgehead atoms. The lowest BCUT2D eigenvalue weighted by molar-refractivity contribution is 0.0683. The Bertz CT molecular complexity index is 538. The number of carboxylic acids is 1. The summed E-state index contributed by atoms with van der Waals surface area (Å²) in [5.41, 5.74) is -0.802. The van der Waals surface area contributed by atoms with E-state index in [1.165, 1.54) is 22.8 Å². The Morgan fingerprint density at radius 2 is 2.17 bits per heavy atom. The molecule has 0 fully saturated rings. The SMILES string of the molecule is CC(C)(C#N)CCCn1c(C(=O)O)cccc1=O. The van der Waals surface area contributed by atoms with Crippen molar-refractivity contribution in [2.75, 3.05) is 0 Å². The predicted molar refractivity (Wildman–Crippen MR) is 66.3 cm³/mol. The Kier molecular flexibility index (Phi) is 4.27. The van der Waals surface area contributed by atoms with Gasteiger partial charge in [0, 0.05) is 12.6 Å². The summed E-state index contributed by atoms with van der Waals surface area (Å²) < 4.78 is 1.23. The van der Waals surface area contributed by atoms with Crippen LogP contribution < -0.4 is 5.56 Å². The van der Waals surface area contributed by atoms with Gasteiger partial charge >= 0.3 is 5.97 Å². The average Bonchev–Trinajstić information content (AvgIpc) is 2.30. The molecule has 1 N–H and O–H groups in total. The molecule has 5 heteroatoms. The van der Waals surface area contributed by atoms with Crippen LogP contribution in [0.3, 0.4) is 0 Å². The molecule has 0 unspecified atom stereocenters. The van der Waals surface area contributed by atoms with Gasteiger partial charge in [-0.25, -0.2) is 4.79 Å². The van der Waals surface area contributed by atoms with Crippen molar-refractivity contribution in [3.63, 3.8) is 0 Å². The van der Waals surface area contributed by atoms with E-state index in [0.717, 1.165) is 0 Å². The number of aromatic nitrogens is 1. The molecule has 0 aromatic carbocycles. The van der Waals surface area contributed by atoms with Crippen LogP contribution in [0.25, 0.3) is 0 Å². The van der Waals surface area contributed by atoms with Crippen LogP contribution in [0.4, 0.5) is 0 Å². The van der Waals surface area contributed by atoms with E-state index in [1.807, 2.05) is 13.8 Å². The van der Waals surface area contributed by atoms with E-state index in [4.69, 9.17) is 10.4 Å². The fourth-order valence-electron chi connectivity index (χ4n) is 1.67. The summed E-state index contributed by atoms with van der Waals surface area (Å²) in [6.45, 7) is 3.95. The third-order valence-corrected chi connectivity index (χ3v) is 2.76. The first-order valence-corrected chi connectivity index (χ1v) is 5.72. The number of carboxylic acid groups (broad SMARTS) is 1. The number of nitrogens with zero attached hydrogens (tertiary/aromatic N) is 2. The quantitative estimate of drug-likeness (QED) is 0.862. The highest BCUT2D eigenvalue weighted by atomic mass is 16.4. The van der Waals surface area contributed by atoms with Crippen molar-refractivity contribution in [1.29, 1.82) is 5.26 Å². The smallest absolute Gasteiger partial charge is 0.352 e. The summed E-state index contributed by atoms with van der Waals surface area (Å²) >= 11 is 0. The number of rotatable bonds is 5. The first kappa shape index (κ1) is 14.0.